The summed E-state index contributed by atoms with van der Waals surface area (Å²) >= 11 is 0. The summed E-state index contributed by atoms with van der Waals surface area (Å²) in [7, 11) is 0. The van der Waals surface area contributed by atoms with Gasteiger partial charge < -0.3 is 15.7 Å². The summed E-state index contributed by atoms with van der Waals surface area (Å²) in [6.45, 7) is 4.49. The van der Waals surface area contributed by atoms with Crippen molar-refractivity contribution in [3.05, 3.63) is 29.6 Å². The Labute approximate surface area is 112 Å². The van der Waals surface area contributed by atoms with E-state index in [0.717, 1.165) is 11.4 Å². The number of carboxylic acids is 1. The minimum atomic E-state index is -1.08. The Morgan fingerprint density at radius 1 is 1.47 bits per heavy atom. The van der Waals surface area contributed by atoms with E-state index in [1.165, 1.54) is 4.90 Å². The molecule has 0 spiro atoms. The topological polar surface area (TPSA) is 96.5 Å². The fourth-order valence-electron chi connectivity index (χ4n) is 1.74. The molecule has 3 N–H and O–H groups in total. The Morgan fingerprint density at radius 2 is 2.16 bits per heavy atom. The third kappa shape index (κ3) is 4.67. The van der Waals surface area contributed by atoms with Gasteiger partial charge in [0, 0.05) is 12.2 Å². The van der Waals surface area contributed by atoms with Crippen molar-refractivity contribution in [2.75, 3.05) is 6.54 Å². The van der Waals surface area contributed by atoms with Crippen LogP contribution in [0, 0.1) is 6.92 Å². The van der Waals surface area contributed by atoms with E-state index in [9.17, 15) is 9.59 Å². The lowest BCUT2D eigenvalue weighted by Crippen LogP contribution is -2.44. The first-order valence-electron chi connectivity index (χ1n) is 6.12. The molecule has 6 nitrogen and oxygen atoms in total. The first-order chi connectivity index (χ1) is 8.93. The van der Waals surface area contributed by atoms with Crippen molar-refractivity contribution in [2.24, 2.45) is 5.73 Å². The summed E-state index contributed by atoms with van der Waals surface area (Å²) in [4.78, 5) is 28.4. The van der Waals surface area contributed by atoms with Crippen LogP contribution in [0.2, 0.25) is 0 Å². The molecule has 104 valence electrons. The molecule has 0 fully saturated rings. The smallest absolute Gasteiger partial charge is 0.305 e. The van der Waals surface area contributed by atoms with Gasteiger partial charge in [0.05, 0.1) is 24.7 Å². The van der Waals surface area contributed by atoms with Gasteiger partial charge in [0.1, 0.15) is 0 Å². The molecule has 1 aromatic heterocycles. The standard InChI is InChI=1S/C13H19N3O3/c1-3-16(13(19)11(14)7-12(17)18)8-10-6-4-5-9(2)15-10/h4-6,11H,3,7-8,14H2,1-2H3,(H,17,18). The molecular formula is C13H19N3O3. The van der Waals surface area contributed by atoms with E-state index < -0.39 is 12.0 Å². The van der Waals surface area contributed by atoms with Crippen molar-refractivity contribution in [1.29, 1.82) is 0 Å². The number of nitrogens with two attached hydrogens (primary N) is 1. The number of aryl methyl sites for hydroxylation is 1. The number of amides is 1. The Balaban J connectivity index is 2.72. The van der Waals surface area contributed by atoms with Crippen molar-refractivity contribution < 1.29 is 14.7 Å². The van der Waals surface area contributed by atoms with Gasteiger partial charge in [-0.05, 0) is 26.0 Å². The number of hydrogen-bond acceptors (Lipinski definition) is 4. The van der Waals surface area contributed by atoms with Crippen LogP contribution in [0.4, 0.5) is 0 Å². The Kier molecular flexibility index (Phi) is 5.44. The molecule has 0 aliphatic heterocycles. The van der Waals surface area contributed by atoms with Crippen molar-refractivity contribution >= 4 is 11.9 Å². The molecule has 1 heterocycles. The maximum absolute atomic E-state index is 12.0. The lowest BCUT2D eigenvalue weighted by molar-refractivity contribution is -0.142. The van der Waals surface area contributed by atoms with Gasteiger partial charge in [-0.2, -0.15) is 0 Å². The Hall–Kier alpha value is -1.95. The molecule has 1 atom stereocenters. The van der Waals surface area contributed by atoms with E-state index in [0.29, 0.717) is 13.1 Å². The monoisotopic (exact) mass is 265 g/mol. The number of nitrogens with zero attached hydrogens (tertiary/aromatic N) is 2. The molecule has 0 aliphatic rings. The minimum Gasteiger partial charge on any atom is -0.481 e. The van der Waals surface area contributed by atoms with E-state index in [2.05, 4.69) is 4.98 Å². The molecule has 1 amide bonds. The van der Waals surface area contributed by atoms with Crippen LogP contribution in [0.1, 0.15) is 24.7 Å². The molecule has 0 saturated carbocycles. The van der Waals surface area contributed by atoms with Gasteiger partial charge in [0.15, 0.2) is 0 Å². The summed E-state index contributed by atoms with van der Waals surface area (Å²) in [6, 6.07) is 4.55. The minimum absolute atomic E-state index is 0.338. The van der Waals surface area contributed by atoms with Gasteiger partial charge >= 0.3 is 5.97 Å². The summed E-state index contributed by atoms with van der Waals surface area (Å²) in [5.74, 6) is -1.45. The highest BCUT2D eigenvalue weighted by molar-refractivity contribution is 5.85. The Bertz CT molecular complexity index is 462. The molecule has 19 heavy (non-hydrogen) atoms. The zero-order valence-corrected chi connectivity index (χ0v) is 11.2. The van der Waals surface area contributed by atoms with Crippen LogP contribution in [-0.4, -0.2) is 39.5 Å². The second kappa shape index (κ2) is 6.84. The first-order valence-corrected chi connectivity index (χ1v) is 6.12. The van der Waals surface area contributed by atoms with Crippen molar-refractivity contribution in [2.45, 2.75) is 32.9 Å². The van der Waals surface area contributed by atoms with Crippen LogP contribution in [0.25, 0.3) is 0 Å². The highest BCUT2D eigenvalue weighted by Crippen LogP contribution is 2.06. The van der Waals surface area contributed by atoms with Gasteiger partial charge in [-0.25, -0.2) is 0 Å². The van der Waals surface area contributed by atoms with Gasteiger partial charge in [0.25, 0.3) is 0 Å². The fourth-order valence-corrected chi connectivity index (χ4v) is 1.74. The molecule has 1 aromatic rings. The number of aromatic nitrogens is 1. The summed E-state index contributed by atoms with van der Waals surface area (Å²) in [6.07, 6.45) is -0.365. The molecule has 6 heteroatoms. The van der Waals surface area contributed by atoms with Crippen LogP contribution in [-0.2, 0) is 16.1 Å². The van der Waals surface area contributed by atoms with Crippen LogP contribution < -0.4 is 5.73 Å². The quantitative estimate of drug-likeness (QED) is 0.782. The zero-order valence-electron chi connectivity index (χ0n) is 11.2. The lowest BCUT2D eigenvalue weighted by Gasteiger charge is -2.23. The number of likely N-dealkylation sites (N-methyl/N-ethyl adjacent to an activating group) is 1. The first kappa shape index (κ1) is 15.1. The van der Waals surface area contributed by atoms with Gasteiger partial charge in [0.2, 0.25) is 5.91 Å². The van der Waals surface area contributed by atoms with Crippen molar-refractivity contribution in [3.8, 4) is 0 Å². The van der Waals surface area contributed by atoms with E-state index in [-0.39, 0.29) is 12.3 Å². The third-order valence-corrected chi connectivity index (χ3v) is 2.70. The summed E-state index contributed by atoms with van der Waals surface area (Å²) < 4.78 is 0. The van der Waals surface area contributed by atoms with E-state index >= 15 is 0 Å². The normalized spacial score (nSPS) is 11.9. The average molecular weight is 265 g/mol. The molecule has 1 unspecified atom stereocenters. The van der Waals surface area contributed by atoms with E-state index in [1.54, 1.807) is 0 Å². The van der Waals surface area contributed by atoms with E-state index in [4.69, 9.17) is 10.8 Å². The van der Waals surface area contributed by atoms with Crippen LogP contribution in [0.3, 0.4) is 0 Å². The van der Waals surface area contributed by atoms with Crippen molar-refractivity contribution in [1.82, 2.24) is 9.88 Å². The van der Waals surface area contributed by atoms with Gasteiger partial charge in [-0.1, -0.05) is 6.07 Å². The number of rotatable bonds is 6. The predicted molar refractivity (Wildman–Crippen MR) is 70.3 cm³/mol. The fraction of sp³-hybridized carbons (Fsp3) is 0.462. The van der Waals surface area contributed by atoms with Crippen LogP contribution in [0.5, 0.6) is 0 Å². The van der Waals surface area contributed by atoms with Gasteiger partial charge in [-0.3, -0.25) is 14.6 Å². The second-order valence-corrected chi connectivity index (χ2v) is 4.33. The molecule has 0 aromatic carbocycles. The maximum Gasteiger partial charge on any atom is 0.305 e. The number of pyridine rings is 1. The molecule has 0 aliphatic carbocycles. The van der Waals surface area contributed by atoms with Crippen molar-refractivity contribution in [3.63, 3.8) is 0 Å². The molecule has 0 saturated heterocycles. The maximum atomic E-state index is 12.0. The summed E-state index contributed by atoms with van der Waals surface area (Å²) in [5.41, 5.74) is 7.22. The van der Waals surface area contributed by atoms with Crippen LogP contribution >= 0.6 is 0 Å². The Morgan fingerprint density at radius 3 is 2.68 bits per heavy atom. The molecule has 1 rings (SSSR count). The molecule has 0 bridgehead atoms. The largest absolute Gasteiger partial charge is 0.481 e. The molecule has 0 radical (unpaired) electrons. The highest BCUT2D eigenvalue weighted by atomic mass is 16.4. The molecular weight excluding hydrogens is 246 g/mol. The van der Waals surface area contributed by atoms with E-state index in [1.807, 2.05) is 32.0 Å². The number of aliphatic carboxylic acids is 1. The number of carbonyl (C=O) groups excluding carboxylic acids is 1. The SMILES string of the molecule is CCN(Cc1cccc(C)n1)C(=O)C(N)CC(=O)O. The highest BCUT2D eigenvalue weighted by Gasteiger charge is 2.22. The van der Waals surface area contributed by atoms with Gasteiger partial charge in [-0.15, -0.1) is 0 Å². The zero-order chi connectivity index (χ0) is 14.4. The number of carboxylic acid groups (broad SMARTS) is 1. The summed E-state index contributed by atoms with van der Waals surface area (Å²) in [5, 5.41) is 8.65. The number of carbonyl (C=O) groups is 2. The third-order valence-electron chi connectivity index (χ3n) is 2.70. The lowest BCUT2D eigenvalue weighted by atomic mass is 10.2. The van der Waals surface area contributed by atoms with Crippen LogP contribution in [0.15, 0.2) is 18.2 Å². The predicted octanol–water partition coefficient (Wildman–Crippen LogP) is 0.541. The average Bonchev–Trinajstić information content (AvgIpc) is 2.34. The second-order valence-electron chi connectivity index (χ2n) is 4.33. The number of hydrogen-bond donors (Lipinski definition) is 2.